The fourth-order valence-electron chi connectivity index (χ4n) is 3.89. The van der Waals surface area contributed by atoms with Crippen LogP contribution in [0.4, 0.5) is 0 Å². The van der Waals surface area contributed by atoms with Gasteiger partial charge in [-0.1, -0.05) is 0 Å². The summed E-state index contributed by atoms with van der Waals surface area (Å²) in [5.74, 6) is 1.25. The number of hydrogen-bond donors (Lipinski definition) is 2. The summed E-state index contributed by atoms with van der Waals surface area (Å²) in [4.78, 5) is 16.2. The molecule has 6 heteroatoms. The monoisotopic (exact) mass is 341 g/mol. The van der Waals surface area contributed by atoms with Crippen molar-refractivity contribution in [3.8, 4) is 11.6 Å². The van der Waals surface area contributed by atoms with E-state index in [1.165, 1.54) is 6.42 Å². The Kier molecular flexibility index (Phi) is 4.00. The molecule has 1 amide bonds. The van der Waals surface area contributed by atoms with Gasteiger partial charge < -0.3 is 20.5 Å². The Morgan fingerprint density at radius 2 is 2.20 bits per heavy atom. The third kappa shape index (κ3) is 3.02. The quantitative estimate of drug-likeness (QED) is 0.871. The molecule has 6 nitrogen and oxygen atoms in total. The van der Waals surface area contributed by atoms with Crippen LogP contribution in [-0.4, -0.2) is 35.7 Å². The van der Waals surface area contributed by atoms with Crippen molar-refractivity contribution in [2.24, 2.45) is 11.7 Å². The number of benzene rings is 1. The highest BCUT2D eigenvalue weighted by molar-refractivity contribution is 6.01. The lowest BCUT2D eigenvalue weighted by atomic mass is 10.1. The van der Waals surface area contributed by atoms with Crippen LogP contribution >= 0.6 is 0 Å². The predicted octanol–water partition coefficient (Wildman–Crippen LogP) is 2.25. The van der Waals surface area contributed by atoms with Gasteiger partial charge in [-0.25, -0.2) is 4.98 Å². The molecular formula is C19H23N3O3. The van der Waals surface area contributed by atoms with Crippen molar-refractivity contribution >= 4 is 16.7 Å². The molecule has 1 saturated carbocycles. The van der Waals surface area contributed by atoms with E-state index in [1.54, 1.807) is 12.3 Å². The summed E-state index contributed by atoms with van der Waals surface area (Å²) in [6.45, 7) is 4.91. The molecule has 2 bridgehead atoms. The molecule has 0 unspecified atom stereocenters. The van der Waals surface area contributed by atoms with Gasteiger partial charge in [-0.3, -0.25) is 4.79 Å². The molecule has 0 spiro atoms. The number of pyridine rings is 1. The van der Waals surface area contributed by atoms with E-state index < -0.39 is 5.91 Å². The Bertz CT molecular complexity index is 821. The first-order valence-electron chi connectivity index (χ1n) is 8.80. The van der Waals surface area contributed by atoms with Gasteiger partial charge in [0.1, 0.15) is 11.9 Å². The number of piperidine rings is 1. The van der Waals surface area contributed by atoms with E-state index in [2.05, 4.69) is 10.3 Å². The summed E-state index contributed by atoms with van der Waals surface area (Å²) in [7, 11) is 0. The third-order valence-corrected chi connectivity index (χ3v) is 4.99. The average molecular weight is 341 g/mol. The van der Waals surface area contributed by atoms with E-state index in [4.69, 9.17) is 15.2 Å². The topological polar surface area (TPSA) is 86.5 Å². The smallest absolute Gasteiger partial charge is 0.252 e. The molecule has 2 fully saturated rings. The lowest BCUT2D eigenvalue weighted by Crippen LogP contribution is -2.40. The second-order valence-electron chi connectivity index (χ2n) is 7.22. The first kappa shape index (κ1) is 16.1. The molecule has 3 atom stereocenters. The Balaban J connectivity index is 1.73. The zero-order valence-electron chi connectivity index (χ0n) is 14.5. The van der Waals surface area contributed by atoms with Gasteiger partial charge in [-0.2, -0.15) is 0 Å². The summed E-state index contributed by atoms with van der Waals surface area (Å²) in [5.41, 5.74) is 5.89. The zero-order chi connectivity index (χ0) is 17.6. The van der Waals surface area contributed by atoms with Crippen LogP contribution in [0.25, 0.3) is 10.8 Å². The molecule has 0 radical (unpaired) electrons. The van der Waals surface area contributed by atoms with Crippen molar-refractivity contribution in [1.82, 2.24) is 10.3 Å². The Morgan fingerprint density at radius 1 is 1.36 bits per heavy atom. The summed E-state index contributed by atoms with van der Waals surface area (Å²) < 4.78 is 12.0. The van der Waals surface area contributed by atoms with Crippen LogP contribution in [0.3, 0.4) is 0 Å². The summed E-state index contributed by atoms with van der Waals surface area (Å²) in [6, 6.07) is 5.83. The van der Waals surface area contributed by atoms with Gasteiger partial charge in [-0.15, -0.1) is 0 Å². The van der Waals surface area contributed by atoms with Gasteiger partial charge >= 0.3 is 0 Å². The number of primary amides is 1. The molecule has 1 aromatic carbocycles. The van der Waals surface area contributed by atoms with Crippen LogP contribution in [0.15, 0.2) is 24.4 Å². The first-order chi connectivity index (χ1) is 12.0. The van der Waals surface area contributed by atoms with Crippen LogP contribution < -0.4 is 20.5 Å². The zero-order valence-corrected chi connectivity index (χ0v) is 14.5. The molecule has 2 aromatic rings. The highest BCUT2D eigenvalue weighted by atomic mass is 16.5. The minimum Gasteiger partial charge on any atom is -0.490 e. The number of fused-ring (bicyclic) bond motifs is 3. The maximum atomic E-state index is 11.8. The van der Waals surface area contributed by atoms with Crippen molar-refractivity contribution in [2.45, 2.75) is 44.9 Å². The van der Waals surface area contributed by atoms with Gasteiger partial charge in [0.2, 0.25) is 5.88 Å². The van der Waals surface area contributed by atoms with Crippen molar-refractivity contribution < 1.29 is 14.3 Å². The molecule has 2 aliphatic rings. The molecule has 2 heterocycles. The first-order valence-corrected chi connectivity index (χ1v) is 8.80. The number of ether oxygens (including phenoxy) is 2. The van der Waals surface area contributed by atoms with Crippen LogP contribution in [0.2, 0.25) is 0 Å². The summed E-state index contributed by atoms with van der Waals surface area (Å²) >= 11 is 0. The fourth-order valence-corrected chi connectivity index (χ4v) is 3.89. The van der Waals surface area contributed by atoms with Crippen LogP contribution in [0.1, 0.15) is 37.0 Å². The number of nitrogens with two attached hydrogens (primary N) is 1. The number of carbonyl (C=O) groups is 1. The highest BCUT2D eigenvalue weighted by Crippen LogP contribution is 2.36. The fraction of sp³-hybridized carbons (Fsp3) is 0.474. The lowest BCUT2D eigenvalue weighted by Gasteiger charge is -2.24. The minimum absolute atomic E-state index is 0.0636. The second-order valence-corrected chi connectivity index (χ2v) is 7.22. The Labute approximate surface area is 146 Å². The molecule has 1 aromatic heterocycles. The third-order valence-electron chi connectivity index (χ3n) is 4.99. The SMILES string of the molecule is CC(C)Oc1cc2c(O[C@H]3C[C@H]4CN[C@@H]3C4)nccc2cc1C(N)=O. The highest BCUT2D eigenvalue weighted by Gasteiger charge is 2.41. The summed E-state index contributed by atoms with van der Waals surface area (Å²) in [6.07, 6.45) is 4.01. The number of nitrogens with one attached hydrogen (secondary N) is 1. The maximum absolute atomic E-state index is 11.8. The van der Waals surface area contributed by atoms with Gasteiger partial charge in [0.15, 0.2) is 0 Å². The molecule has 132 valence electrons. The number of carbonyl (C=O) groups excluding carboxylic acids is 1. The maximum Gasteiger partial charge on any atom is 0.252 e. The lowest BCUT2D eigenvalue weighted by molar-refractivity contribution is 0.0994. The summed E-state index contributed by atoms with van der Waals surface area (Å²) in [5, 5.41) is 5.20. The Morgan fingerprint density at radius 3 is 2.84 bits per heavy atom. The van der Waals surface area contributed by atoms with Crippen LogP contribution in [0.5, 0.6) is 11.6 Å². The second kappa shape index (κ2) is 6.19. The van der Waals surface area contributed by atoms with Crippen molar-refractivity contribution in [1.29, 1.82) is 0 Å². The molecule has 1 saturated heterocycles. The van der Waals surface area contributed by atoms with Crippen LogP contribution in [0, 0.1) is 5.92 Å². The minimum atomic E-state index is -0.505. The molecule has 4 rings (SSSR count). The number of hydrogen-bond acceptors (Lipinski definition) is 5. The normalized spacial score (nSPS) is 24.8. The average Bonchev–Trinajstić information content (AvgIpc) is 3.17. The van der Waals surface area contributed by atoms with Gasteiger partial charge in [0, 0.05) is 17.6 Å². The van der Waals surface area contributed by atoms with Crippen molar-refractivity contribution in [3.05, 3.63) is 30.0 Å². The molecule has 25 heavy (non-hydrogen) atoms. The van der Waals surface area contributed by atoms with Crippen LogP contribution in [-0.2, 0) is 0 Å². The number of aromatic nitrogens is 1. The van der Waals surface area contributed by atoms with Crippen molar-refractivity contribution in [2.75, 3.05) is 6.54 Å². The van der Waals surface area contributed by atoms with E-state index >= 15 is 0 Å². The van der Waals surface area contributed by atoms with Gasteiger partial charge in [-0.05, 0) is 62.7 Å². The largest absolute Gasteiger partial charge is 0.490 e. The molecule has 1 aliphatic heterocycles. The number of amides is 1. The van der Waals surface area contributed by atoms with E-state index in [-0.39, 0.29) is 12.2 Å². The van der Waals surface area contributed by atoms with E-state index in [0.29, 0.717) is 29.2 Å². The number of nitrogens with zero attached hydrogens (tertiary/aromatic N) is 1. The van der Waals surface area contributed by atoms with Gasteiger partial charge in [0.25, 0.3) is 5.91 Å². The predicted molar refractivity (Wildman–Crippen MR) is 95.0 cm³/mol. The molecule has 3 N–H and O–H groups in total. The van der Waals surface area contributed by atoms with E-state index in [1.807, 2.05) is 26.0 Å². The van der Waals surface area contributed by atoms with Crippen molar-refractivity contribution in [3.63, 3.8) is 0 Å². The molecular weight excluding hydrogens is 318 g/mol. The Hall–Kier alpha value is -2.34. The standard InChI is InChI=1S/C19H23N3O3/c1-10(2)24-16-8-13-12(7-14(16)18(20)23)3-4-21-19(13)25-17-6-11-5-15(17)22-9-11/h3-4,7-8,10-11,15,17,22H,5-6,9H2,1-2H3,(H2,20,23)/t11-,15+,17-/m0/s1. The van der Waals surface area contributed by atoms with E-state index in [0.717, 1.165) is 23.7 Å². The number of rotatable bonds is 5. The van der Waals surface area contributed by atoms with E-state index in [9.17, 15) is 4.79 Å². The molecule has 1 aliphatic carbocycles. The van der Waals surface area contributed by atoms with Gasteiger partial charge in [0.05, 0.1) is 11.7 Å².